The van der Waals surface area contributed by atoms with Gasteiger partial charge in [-0.1, -0.05) is 0 Å². The van der Waals surface area contributed by atoms with Gasteiger partial charge in [-0.3, -0.25) is 0 Å². The van der Waals surface area contributed by atoms with Crippen molar-refractivity contribution in [1.29, 1.82) is 5.26 Å². The number of anilines is 1. The van der Waals surface area contributed by atoms with E-state index in [1.807, 2.05) is 26.8 Å². The Morgan fingerprint density at radius 3 is 2.69 bits per heavy atom. The molecule has 7 heteroatoms. The summed E-state index contributed by atoms with van der Waals surface area (Å²) in [4.78, 5) is 20.7. The van der Waals surface area contributed by atoms with Crippen molar-refractivity contribution >= 4 is 11.8 Å². The first kappa shape index (κ1) is 17.8. The van der Waals surface area contributed by atoms with Gasteiger partial charge in [0.1, 0.15) is 23.4 Å². The van der Waals surface area contributed by atoms with Crippen LogP contribution in [0.4, 0.5) is 10.6 Å². The molecule has 1 N–H and O–H groups in total. The number of furan rings is 1. The van der Waals surface area contributed by atoms with Gasteiger partial charge in [-0.05, 0) is 39.0 Å². The molecule has 136 valence electrons. The Morgan fingerprint density at radius 2 is 2.08 bits per heavy atom. The van der Waals surface area contributed by atoms with Crippen molar-refractivity contribution in [3.05, 3.63) is 47.0 Å². The quantitative estimate of drug-likeness (QED) is 0.917. The second-order valence-corrected chi connectivity index (χ2v) is 6.50. The highest BCUT2D eigenvalue weighted by atomic mass is 16.3. The minimum atomic E-state index is -0.112. The average molecular weight is 353 g/mol. The first-order chi connectivity index (χ1) is 12.5. The molecule has 0 aromatic carbocycles. The van der Waals surface area contributed by atoms with Gasteiger partial charge in [0.2, 0.25) is 0 Å². The second-order valence-electron chi connectivity index (χ2n) is 6.50. The monoisotopic (exact) mass is 353 g/mol. The predicted molar refractivity (Wildman–Crippen MR) is 97.9 cm³/mol. The average Bonchev–Trinajstić information content (AvgIpc) is 3.00. The molecular weight excluding hydrogens is 330 g/mol. The van der Waals surface area contributed by atoms with Gasteiger partial charge in [-0.25, -0.2) is 9.78 Å². The van der Waals surface area contributed by atoms with Gasteiger partial charge >= 0.3 is 6.03 Å². The van der Waals surface area contributed by atoms with E-state index < -0.39 is 0 Å². The lowest BCUT2D eigenvalue weighted by atomic mass is 10.1. The molecule has 0 bridgehead atoms. The number of carbonyl (C=O) groups is 1. The van der Waals surface area contributed by atoms with Gasteiger partial charge in [0.05, 0.1) is 11.6 Å². The highest BCUT2D eigenvalue weighted by Gasteiger charge is 2.25. The molecule has 1 saturated heterocycles. The molecular formula is C19H23N5O2. The van der Waals surface area contributed by atoms with Crippen molar-refractivity contribution < 1.29 is 9.21 Å². The molecule has 3 heterocycles. The summed E-state index contributed by atoms with van der Waals surface area (Å²) in [6.45, 7) is 8.24. The topological polar surface area (TPSA) is 85.4 Å². The molecule has 0 spiro atoms. The Bertz CT molecular complexity index is 831. The van der Waals surface area contributed by atoms with Gasteiger partial charge in [0, 0.05) is 37.9 Å². The largest absolute Gasteiger partial charge is 0.466 e. The fourth-order valence-electron chi connectivity index (χ4n) is 3.29. The maximum absolute atomic E-state index is 12.6. The van der Waals surface area contributed by atoms with Crippen LogP contribution in [0.25, 0.3) is 0 Å². The number of hydrogen-bond acceptors (Lipinski definition) is 5. The predicted octanol–water partition coefficient (Wildman–Crippen LogP) is 2.76. The van der Waals surface area contributed by atoms with Gasteiger partial charge in [-0.15, -0.1) is 0 Å². The Morgan fingerprint density at radius 1 is 1.35 bits per heavy atom. The SMILES string of the molecule is Cc1cc(C(C)NC(=O)N2CCN(c3ncccc3C#N)CC2)c(C)o1. The zero-order chi connectivity index (χ0) is 18.7. The number of nitriles is 1. The third-order valence-electron chi connectivity index (χ3n) is 4.66. The molecule has 0 aliphatic carbocycles. The number of urea groups is 1. The van der Waals surface area contributed by atoms with E-state index in [2.05, 4.69) is 21.3 Å². The summed E-state index contributed by atoms with van der Waals surface area (Å²) in [5.74, 6) is 2.36. The van der Waals surface area contributed by atoms with Crippen LogP contribution >= 0.6 is 0 Å². The lowest BCUT2D eigenvalue weighted by Crippen LogP contribution is -2.52. The Balaban J connectivity index is 1.58. The molecule has 2 aromatic heterocycles. The Hall–Kier alpha value is -3.01. The Labute approximate surface area is 153 Å². The zero-order valence-corrected chi connectivity index (χ0v) is 15.3. The number of nitrogens with one attached hydrogen (secondary N) is 1. The van der Waals surface area contributed by atoms with Gasteiger partial charge < -0.3 is 19.5 Å². The molecule has 1 unspecified atom stereocenters. The van der Waals surface area contributed by atoms with Crippen LogP contribution in [0, 0.1) is 25.2 Å². The highest BCUT2D eigenvalue weighted by molar-refractivity contribution is 5.75. The summed E-state index contributed by atoms with van der Waals surface area (Å²) in [5, 5.41) is 12.3. The van der Waals surface area contributed by atoms with E-state index in [0.717, 1.165) is 17.1 Å². The number of aryl methyl sites for hydroxylation is 2. The van der Waals surface area contributed by atoms with Crippen LogP contribution in [0.15, 0.2) is 28.8 Å². The van der Waals surface area contributed by atoms with Crippen LogP contribution in [0.2, 0.25) is 0 Å². The number of amides is 2. The van der Waals surface area contributed by atoms with Crippen LogP contribution in [-0.4, -0.2) is 42.1 Å². The first-order valence-electron chi connectivity index (χ1n) is 8.72. The summed E-state index contributed by atoms with van der Waals surface area (Å²) < 4.78 is 5.54. The van der Waals surface area contributed by atoms with E-state index in [9.17, 15) is 10.1 Å². The molecule has 3 rings (SSSR count). The fraction of sp³-hybridized carbons (Fsp3) is 0.421. The number of carbonyl (C=O) groups excluding carboxylic acids is 1. The van der Waals surface area contributed by atoms with Crippen molar-refractivity contribution in [2.75, 3.05) is 31.1 Å². The molecule has 26 heavy (non-hydrogen) atoms. The van der Waals surface area contributed by atoms with Crippen molar-refractivity contribution in [2.24, 2.45) is 0 Å². The maximum atomic E-state index is 12.6. The summed E-state index contributed by atoms with van der Waals surface area (Å²) in [5.41, 5.74) is 1.56. The third kappa shape index (κ3) is 3.64. The molecule has 0 radical (unpaired) electrons. The maximum Gasteiger partial charge on any atom is 0.317 e. The smallest absolute Gasteiger partial charge is 0.317 e. The molecule has 2 amide bonds. The number of piperazine rings is 1. The first-order valence-corrected chi connectivity index (χ1v) is 8.72. The molecule has 1 aliphatic rings. The van der Waals surface area contributed by atoms with Crippen LogP contribution in [0.1, 0.15) is 35.6 Å². The van der Waals surface area contributed by atoms with E-state index in [-0.39, 0.29) is 12.1 Å². The highest BCUT2D eigenvalue weighted by Crippen LogP contribution is 2.22. The van der Waals surface area contributed by atoms with E-state index in [1.54, 1.807) is 23.2 Å². The van der Waals surface area contributed by atoms with Crippen LogP contribution < -0.4 is 10.2 Å². The number of pyridine rings is 1. The molecule has 0 saturated carbocycles. The van der Waals surface area contributed by atoms with E-state index >= 15 is 0 Å². The molecule has 2 aromatic rings. The van der Waals surface area contributed by atoms with Crippen molar-refractivity contribution in [3.63, 3.8) is 0 Å². The van der Waals surface area contributed by atoms with E-state index in [4.69, 9.17) is 4.42 Å². The number of nitrogens with zero attached hydrogens (tertiary/aromatic N) is 4. The lowest BCUT2D eigenvalue weighted by molar-refractivity contribution is 0.191. The van der Waals surface area contributed by atoms with Crippen LogP contribution in [0.3, 0.4) is 0 Å². The molecule has 1 fully saturated rings. The molecule has 1 aliphatic heterocycles. The number of aromatic nitrogens is 1. The zero-order valence-electron chi connectivity index (χ0n) is 15.3. The van der Waals surface area contributed by atoms with Crippen molar-refractivity contribution in [2.45, 2.75) is 26.8 Å². The minimum absolute atomic E-state index is 0.0862. The third-order valence-corrected chi connectivity index (χ3v) is 4.66. The summed E-state index contributed by atoms with van der Waals surface area (Å²) in [6.07, 6.45) is 1.69. The van der Waals surface area contributed by atoms with E-state index in [1.165, 1.54) is 0 Å². The van der Waals surface area contributed by atoms with Crippen molar-refractivity contribution in [3.8, 4) is 6.07 Å². The fourth-order valence-corrected chi connectivity index (χ4v) is 3.29. The number of hydrogen-bond donors (Lipinski definition) is 1. The molecule has 7 nitrogen and oxygen atoms in total. The summed E-state index contributed by atoms with van der Waals surface area (Å²) in [6, 6.07) is 7.45. The van der Waals surface area contributed by atoms with Crippen molar-refractivity contribution in [1.82, 2.24) is 15.2 Å². The minimum Gasteiger partial charge on any atom is -0.466 e. The van der Waals surface area contributed by atoms with Gasteiger partial charge in [-0.2, -0.15) is 5.26 Å². The number of rotatable bonds is 3. The van der Waals surface area contributed by atoms with Crippen LogP contribution in [-0.2, 0) is 0 Å². The summed E-state index contributed by atoms with van der Waals surface area (Å²) in [7, 11) is 0. The molecule has 1 atom stereocenters. The van der Waals surface area contributed by atoms with Gasteiger partial charge in [0.15, 0.2) is 0 Å². The summed E-state index contributed by atoms with van der Waals surface area (Å²) >= 11 is 0. The van der Waals surface area contributed by atoms with Gasteiger partial charge in [0.25, 0.3) is 0 Å². The van der Waals surface area contributed by atoms with E-state index in [0.29, 0.717) is 37.6 Å². The Kier molecular flexibility index (Phi) is 5.12. The lowest BCUT2D eigenvalue weighted by Gasteiger charge is -2.36. The standard InChI is InChI=1S/C19H23N5O2/c1-13-11-17(15(3)26-13)14(2)22-19(25)24-9-7-23(8-10-24)18-16(12-20)5-4-6-21-18/h4-6,11,14H,7-10H2,1-3H3,(H,22,25). The normalized spacial score (nSPS) is 15.5. The van der Waals surface area contributed by atoms with Crippen LogP contribution in [0.5, 0.6) is 0 Å². The second kappa shape index (κ2) is 7.48.